The van der Waals surface area contributed by atoms with Crippen LogP contribution in [0, 0.1) is 11.8 Å². The van der Waals surface area contributed by atoms with Crippen molar-refractivity contribution in [3.63, 3.8) is 0 Å². The summed E-state index contributed by atoms with van der Waals surface area (Å²) in [4.78, 5) is 0. The van der Waals surface area contributed by atoms with Gasteiger partial charge in [-0.2, -0.15) is 0 Å². The van der Waals surface area contributed by atoms with Crippen LogP contribution in [0.15, 0.2) is 11.6 Å². The predicted molar refractivity (Wildman–Crippen MR) is 64.8 cm³/mol. The fourth-order valence-corrected chi connectivity index (χ4v) is 2.51. The quantitative estimate of drug-likeness (QED) is 0.684. The molecule has 0 aromatic heterocycles. The lowest BCUT2D eigenvalue weighted by Gasteiger charge is -2.27. The minimum atomic E-state index is 0.286. The van der Waals surface area contributed by atoms with Gasteiger partial charge in [0.25, 0.3) is 0 Å². The molecule has 0 bridgehead atoms. The van der Waals surface area contributed by atoms with Crippen LogP contribution in [0.2, 0.25) is 0 Å². The largest absolute Gasteiger partial charge is 0.396 e. The van der Waals surface area contributed by atoms with E-state index in [2.05, 4.69) is 32.2 Å². The van der Waals surface area contributed by atoms with Crippen LogP contribution in [0.1, 0.15) is 40.0 Å². The molecule has 1 rings (SSSR count). The van der Waals surface area contributed by atoms with Crippen molar-refractivity contribution < 1.29 is 5.11 Å². The van der Waals surface area contributed by atoms with Crippen LogP contribution in [0.3, 0.4) is 0 Å². The van der Waals surface area contributed by atoms with Gasteiger partial charge in [-0.3, -0.25) is 0 Å². The van der Waals surface area contributed by atoms with Crippen LogP contribution >= 0.6 is 0 Å². The summed E-state index contributed by atoms with van der Waals surface area (Å²) in [6, 6.07) is 0.441. The van der Waals surface area contributed by atoms with Crippen molar-refractivity contribution in [2.75, 3.05) is 13.2 Å². The van der Waals surface area contributed by atoms with Crippen LogP contribution in [0.25, 0.3) is 0 Å². The van der Waals surface area contributed by atoms with Gasteiger partial charge >= 0.3 is 0 Å². The van der Waals surface area contributed by atoms with Crippen LogP contribution in [-0.2, 0) is 0 Å². The molecule has 1 aliphatic rings. The number of aliphatic hydroxyl groups is 1. The minimum absolute atomic E-state index is 0.286. The van der Waals surface area contributed by atoms with E-state index in [-0.39, 0.29) is 6.61 Å². The molecule has 0 saturated heterocycles. The van der Waals surface area contributed by atoms with E-state index >= 15 is 0 Å². The molecule has 1 aliphatic carbocycles. The molecule has 0 aromatic rings. The lowest BCUT2D eigenvalue weighted by Crippen LogP contribution is -2.33. The monoisotopic (exact) mass is 211 g/mol. The molecule has 2 heteroatoms. The summed E-state index contributed by atoms with van der Waals surface area (Å²) in [6.07, 6.45) is 5.80. The number of aliphatic hydroxyl groups excluding tert-OH is 1. The first-order valence-corrected chi connectivity index (χ1v) is 6.13. The van der Waals surface area contributed by atoms with Crippen LogP contribution in [0.5, 0.6) is 0 Å². The van der Waals surface area contributed by atoms with Crippen molar-refractivity contribution in [1.29, 1.82) is 0 Å². The molecule has 0 radical (unpaired) electrons. The Hall–Kier alpha value is -0.340. The molecule has 0 fully saturated rings. The lowest BCUT2D eigenvalue weighted by molar-refractivity contribution is 0.262. The molecule has 0 aromatic carbocycles. The van der Waals surface area contributed by atoms with Gasteiger partial charge in [-0.15, -0.1) is 0 Å². The fourth-order valence-electron chi connectivity index (χ4n) is 2.51. The third-order valence-corrected chi connectivity index (χ3v) is 3.20. The molecular formula is C13H25NO. The van der Waals surface area contributed by atoms with E-state index in [4.69, 9.17) is 5.11 Å². The second kappa shape index (κ2) is 6.29. The van der Waals surface area contributed by atoms with Crippen molar-refractivity contribution in [2.45, 2.75) is 46.1 Å². The van der Waals surface area contributed by atoms with E-state index in [1.807, 2.05) is 0 Å². The number of allylic oxidation sites excluding steroid dienone is 2. The summed E-state index contributed by atoms with van der Waals surface area (Å²) in [5, 5.41) is 12.3. The standard InChI is InChI=1S/C13H25NO/c1-10-6-11(2)8-13(7-10)9-14-12(3)4-5-15/h6,10,12-15H,4-5,7-9H2,1-3H3. The van der Waals surface area contributed by atoms with Gasteiger partial charge in [0.15, 0.2) is 0 Å². The average molecular weight is 211 g/mol. The van der Waals surface area contributed by atoms with Gasteiger partial charge in [0.05, 0.1) is 0 Å². The Balaban J connectivity index is 2.25. The third-order valence-electron chi connectivity index (χ3n) is 3.20. The first kappa shape index (κ1) is 12.7. The maximum atomic E-state index is 8.81. The van der Waals surface area contributed by atoms with Gasteiger partial charge in [-0.05, 0) is 51.5 Å². The second-order valence-electron chi connectivity index (χ2n) is 5.12. The van der Waals surface area contributed by atoms with Crippen LogP contribution in [-0.4, -0.2) is 24.3 Å². The van der Waals surface area contributed by atoms with E-state index < -0.39 is 0 Å². The molecule has 3 unspecified atom stereocenters. The molecule has 0 amide bonds. The fraction of sp³-hybridized carbons (Fsp3) is 0.846. The topological polar surface area (TPSA) is 32.3 Å². The summed E-state index contributed by atoms with van der Waals surface area (Å²) in [6.45, 7) is 8.06. The van der Waals surface area contributed by atoms with E-state index in [9.17, 15) is 0 Å². The third kappa shape index (κ3) is 4.80. The summed E-state index contributed by atoms with van der Waals surface area (Å²) >= 11 is 0. The van der Waals surface area contributed by atoms with Gasteiger partial charge in [0.1, 0.15) is 0 Å². The van der Waals surface area contributed by atoms with Crippen molar-refractivity contribution in [3.8, 4) is 0 Å². The minimum Gasteiger partial charge on any atom is -0.396 e. The predicted octanol–water partition coefficient (Wildman–Crippen LogP) is 2.34. The number of hydrogen-bond donors (Lipinski definition) is 2. The van der Waals surface area contributed by atoms with Gasteiger partial charge in [-0.25, -0.2) is 0 Å². The smallest absolute Gasteiger partial charge is 0.0445 e. The summed E-state index contributed by atoms with van der Waals surface area (Å²) in [5.41, 5.74) is 1.54. The number of rotatable bonds is 5. The highest BCUT2D eigenvalue weighted by Gasteiger charge is 2.18. The van der Waals surface area contributed by atoms with Crippen LogP contribution < -0.4 is 5.32 Å². The van der Waals surface area contributed by atoms with Crippen molar-refractivity contribution in [2.24, 2.45) is 11.8 Å². The Labute approximate surface area is 93.8 Å². The molecule has 0 saturated carbocycles. The highest BCUT2D eigenvalue weighted by Crippen LogP contribution is 2.27. The Morgan fingerprint density at radius 1 is 1.60 bits per heavy atom. The van der Waals surface area contributed by atoms with Gasteiger partial charge in [0.2, 0.25) is 0 Å². The van der Waals surface area contributed by atoms with E-state index in [1.165, 1.54) is 18.4 Å². The molecule has 15 heavy (non-hydrogen) atoms. The molecular weight excluding hydrogens is 186 g/mol. The zero-order valence-electron chi connectivity index (χ0n) is 10.3. The van der Waals surface area contributed by atoms with Crippen molar-refractivity contribution in [1.82, 2.24) is 5.32 Å². The normalized spacial score (nSPS) is 28.7. The van der Waals surface area contributed by atoms with E-state index in [0.717, 1.165) is 24.8 Å². The number of nitrogens with one attached hydrogen (secondary N) is 1. The maximum absolute atomic E-state index is 8.81. The molecule has 2 N–H and O–H groups in total. The van der Waals surface area contributed by atoms with Crippen molar-refractivity contribution in [3.05, 3.63) is 11.6 Å². The van der Waals surface area contributed by atoms with Crippen LogP contribution in [0.4, 0.5) is 0 Å². The summed E-state index contributed by atoms with van der Waals surface area (Å²) < 4.78 is 0. The zero-order chi connectivity index (χ0) is 11.3. The van der Waals surface area contributed by atoms with Crippen molar-refractivity contribution >= 4 is 0 Å². The maximum Gasteiger partial charge on any atom is 0.0445 e. The molecule has 0 spiro atoms. The Bertz CT molecular complexity index is 213. The summed E-state index contributed by atoms with van der Waals surface area (Å²) in [5.74, 6) is 1.52. The Morgan fingerprint density at radius 2 is 2.33 bits per heavy atom. The Kier molecular flexibility index (Phi) is 5.34. The molecule has 0 aliphatic heterocycles. The molecule has 0 heterocycles. The number of hydrogen-bond acceptors (Lipinski definition) is 2. The highest BCUT2D eigenvalue weighted by molar-refractivity contribution is 5.06. The first-order chi connectivity index (χ1) is 7.11. The first-order valence-electron chi connectivity index (χ1n) is 6.13. The van der Waals surface area contributed by atoms with Gasteiger partial charge in [0, 0.05) is 12.6 Å². The van der Waals surface area contributed by atoms with E-state index in [0.29, 0.717) is 6.04 Å². The van der Waals surface area contributed by atoms with Gasteiger partial charge in [-0.1, -0.05) is 18.6 Å². The second-order valence-corrected chi connectivity index (χ2v) is 5.12. The van der Waals surface area contributed by atoms with Gasteiger partial charge < -0.3 is 10.4 Å². The molecule has 88 valence electrons. The molecule has 3 atom stereocenters. The average Bonchev–Trinajstić information content (AvgIpc) is 2.14. The zero-order valence-corrected chi connectivity index (χ0v) is 10.3. The molecule has 2 nitrogen and oxygen atoms in total. The Morgan fingerprint density at radius 3 is 2.93 bits per heavy atom. The lowest BCUT2D eigenvalue weighted by atomic mass is 9.83. The summed E-state index contributed by atoms with van der Waals surface area (Å²) in [7, 11) is 0. The SMILES string of the molecule is CC1=CC(C)CC(CNC(C)CCO)C1. The highest BCUT2D eigenvalue weighted by atomic mass is 16.3. The van der Waals surface area contributed by atoms with E-state index in [1.54, 1.807) is 0 Å².